The molecule has 0 amide bonds. The van der Waals surface area contributed by atoms with Crippen LogP contribution in [-0.2, 0) is 0 Å². The molecule has 0 saturated carbocycles. The summed E-state index contributed by atoms with van der Waals surface area (Å²) in [7, 11) is 0. The van der Waals surface area contributed by atoms with Gasteiger partial charge in [-0.2, -0.15) is 0 Å². The maximum atomic E-state index is 5.94. The van der Waals surface area contributed by atoms with Gasteiger partial charge in [-0.1, -0.05) is 47.2 Å². The van der Waals surface area contributed by atoms with E-state index in [9.17, 15) is 0 Å². The summed E-state index contributed by atoms with van der Waals surface area (Å²) in [6, 6.07) is 16.1. The van der Waals surface area contributed by atoms with Crippen molar-refractivity contribution in [3.8, 4) is 11.3 Å². The van der Waals surface area contributed by atoms with Gasteiger partial charge < -0.3 is 0 Å². The number of halogens is 3. The van der Waals surface area contributed by atoms with Gasteiger partial charge >= 0.3 is 0 Å². The van der Waals surface area contributed by atoms with Gasteiger partial charge in [-0.3, -0.25) is 4.40 Å². The van der Waals surface area contributed by atoms with Gasteiger partial charge in [0.1, 0.15) is 10.3 Å². The number of thiazole rings is 1. The van der Waals surface area contributed by atoms with E-state index in [0.29, 0.717) is 0 Å². The maximum absolute atomic E-state index is 5.94. The minimum atomic E-state index is 0. The molecule has 0 N–H and O–H groups in total. The summed E-state index contributed by atoms with van der Waals surface area (Å²) in [5.41, 5.74) is 3.17. The van der Waals surface area contributed by atoms with Gasteiger partial charge in [0.05, 0.1) is 10.2 Å². The van der Waals surface area contributed by atoms with E-state index in [1.165, 1.54) is 10.2 Å². The quantitative estimate of drug-likeness (QED) is 0.341. The van der Waals surface area contributed by atoms with Gasteiger partial charge in [-0.15, -0.1) is 17.0 Å². The van der Waals surface area contributed by atoms with Crippen LogP contribution in [-0.4, -0.2) is 9.38 Å². The van der Waals surface area contributed by atoms with Gasteiger partial charge in [0, 0.05) is 10.6 Å². The smallest absolute Gasteiger partial charge is 0.196 e. The zero-order chi connectivity index (χ0) is 13.7. The molecule has 4 rings (SSSR count). The number of hydrogen-bond acceptors (Lipinski definition) is 2. The number of benzene rings is 2. The molecule has 0 aliphatic rings. The monoisotopic (exact) mass is 442 g/mol. The van der Waals surface area contributed by atoms with Crippen molar-refractivity contribution >= 4 is 71.0 Å². The Kier molecular flexibility index (Phi) is 4.10. The highest BCUT2D eigenvalue weighted by molar-refractivity contribution is 9.10. The third kappa shape index (κ3) is 2.42. The Balaban J connectivity index is 0.00000132. The van der Waals surface area contributed by atoms with E-state index in [1.54, 1.807) is 11.3 Å². The third-order valence-electron chi connectivity index (χ3n) is 3.22. The molecular weight excluding hydrogens is 436 g/mol. The molecule has 106 valence electrons. The fourth-order valence-electron chi connectivity index (χ4n) is 2.28. The lowest BCUT2D eigenvalue weighted by Crippen LogP contribution is -1.82. The van der Waals surface area contributed by atoms with Gasteiger partial charge in [-0.05, 0) is 40.2 Å². The molecule has 0 unspecified atom stereocenters. The van der Waals surface area contributed by atoms with Crippen LogP contribution in [0.25, 0.3) is 26.4 Å². The molecule has 0 aliphatic heterocycles. The second-order valence-corrected chi connectivity index (χ2v) is 6.64. The normalized spacial score (nSPS) is 11.0. The second-order valence-electron chi connectivity index (χ2n) is 4.45. The van der Waals surface area contributed by atoms with Crippen molar-refractivity contribution < 1.29 is 0 Å². The van der Waals surface area contributed by atoms with Crippen molar-refractivity contribution in [2.24, 2.45) is 0 Å². The maximum Gasteiger partial charge on any atom is 0.196 e. The average Bonchev–Trinajstić information content (AvgIpc) is 2.97. The lowest BCUT2D eigenvalue weighted by molar-refractivity contribution is 1.25. The molecule has 6 heteroatoms. The van der Waals surface area contributed by atoms with E-state index in [0.717, 1.165) is 25.8 Å². The Morgan fingerprint density at radius 1 is 1.05 bits per heavy atom. The number of rotatable bonds is 1. The molecule has 21 heavy (non-hydrogen) atoms. The lowest BCUT2D eigenvalue weighted by Gasteiger charge is -1.99. The highest BCUT2D eigenvalue weighted by atomic mass is 79.9. The first-order valence-corrected chi connectivity index (χ1v) is 8.04. The minimum absolute atomic E-state index is 0. The van der Waals surface area contributed by atoms with E-state index in [4.69, 9.17) is 16.6 Å². The minimum Gasteiger partial charge on any atom is -0.277 e. The summed E-state index contributed by atoms with van der Waals surface area (Å²) in [5.74, 6) is 0. The van der Waals surface area contributed by atoms with Crippen LogP contribution in [0.1, 0.15) is 0 Å². The SMILES string of the molecule is Br.Clc1ccc(-c2nc3sc4ccccc4n3c2Br)cc1. The molecule has 0 fully saturated rings. The van der Waals surface area contributed by atoms with E-state index in [1.807, 2.05) is 36.4 Å². The summed E-state index contributed by atoms with van der Waals surface area (Å²) >= 11 is 11.3. The first-order chi connectivity index (χ1) is 9.74. The van der Waals surface area contributed by atoms with Crippen LogP contribution in [0.15, 0.2) is 53.1 Å². The molecule has 0 bridgehead atoms. The zero-order valence-electron chi connectivity index (χ0n) is 10.6. The Morgan fingerprint density at radius 2 is 1.76 bits per heavy atom. The highest BCUT2D eigenvalue weighted by Crippen LogP contribution is 2.35. The molecular formula is C15H9Br2ClN2S. The fraction of sp³-hybridized carbons (Fsp3) is 0. The molecule has 0 radical (unpaired) electrons. The van der Waals surface area contributed by atoms with Crippen LogP contribution in [0.4, 0.5) is 0 Å². The summed E-state index contributed by atoms with van der Waals surface area (Å²) in [4.78, 5) is 5.73. The highest BCUT2D eigenvalue weighted by Gasteiger charge is 2.15. The number of hydrogen-bond donors (Lipinski definition) is 0. The van der Waals surface area contributed by atoms with Gasteiger partial charge in [0.2, 0.25) is 0 Å². The number of nitrogens with zero attached hydrogens (tertiary/aromatic N) is 2. The van der Waals surface area contributed by atoms with E-state index in [2.05, 4.69) is 32.5 Å². The van der Waals surface area contributed by atoms with Crippen molar-refractivity contribution in [1.82, 2.24) is 9.38 Å². The lowest BCUT2D eigenvalue weighted by atomic mass is 10.2. The van der Waals surface area contributed by atoms with Crippen molar-refractivity contribution in [2.75, 3.05) is 0 Å². The van der Waals surface area contributed by atoms with Gasteiger partial charge in [-0.25, -0.2) is 4.98 Å². The average molecular weight is 445 g/mol. The van der Waals surface area contributed by atoms with Crippen molar-refractivity contribution in [3.63, 3.8) is 0 Å². The molecule has 2 aromatic heterocycles. The number of imidazole rings is 1. The Bertz CT molecular complexity index is 928. The Morgan fingerprint density at radius 3 is 2.52 bits per heavy atom. The van der Waals surface area contributed by atoms with E-state index >= 15 is 0 Å². The van der Waals surface area contributed by atoms with Crippen LogP contribution < -0.4 is 0 Å². The summed E-state index contributed by atoms with van der Waals surface area (Å²) in [6.45, 7) is 0. The van der Waals surface area contributed by atoms with E-state index < -0.39 is 0 Å². The van der Waals surface area contributed by atoms with Crippen LogP contribution in [0.5, 0.6) is 0 Å². The fourth-order valence-corrected chi connectivity index (χ4v) is 4.22. The molecule has 2 nitrogen and oxygen atoms in total. The molecule has 2 aromatic carbocycles. The molecule has 4 aromatic rings. The number of aromatic nitrogens is 2. The van der Waals surface area contributed by atoms with Crippen LogP contribution in [0, 0.1) is 0 Å². The first kappa shape index (κ1) is 15.0. The summed E-state index contributed by atoms with van der Waals surface area (Å²) in [5, 5.41) is 0.733. The summed E-state index contributed by atoms with van der Waals surface area (Å²) in [6.07, 6.45) is 0. The zero-order valence-corrected chi connectivity index (χ0v) is 15.5. The van der Waals surface area contributed by atoms with Gasteiger partial charge in [0.25, 0.3) is 0 Å². The van der Waals surface area contributed by atoms with Crippen molar-refractivity contribution in [1.29, 1.82) is 0 Å². The van der Waals surface area contributed by atoms with Crippen molar-refractivity contribution in [2.45, 2.75) is 0 Å². The van der Waals surface area contributed by atoms with Gasteiger partial charge in [0.15, 0.2) is 4.96 Å². The Labute approximate surface area is 149 Å². The van der Waals surface area contributed by atoms with Crippen LogP contribution in [0.2, 0.25) is 5.02 Å². The standard InChI is InChI=1S/C15H8BrClN2S.BrH/c16-14-13(9-5-7-10(17)8-6-9)18-15-19(14)11-3-1-2-4-12(11)20-15;/h1-8H;1H. The molecule has 0 saturated heterocycles. The topological polar surface area (TPSA) is 17.3 Å². The summed E-state index contributed by atoms with van der Waals surface area (Å²) < 4.78 is 4.36. The largest absolute Gasteiger partial charge is 0.277 e. The van der Waals surface area contributed by atoms with Crippen LogP contribution >= 0.6 is 55.8 Å². The van der Waals surface area contributed by atoms with Crippen molar-refractivity contribution in [3.05, 3.63) is 58.2 Å². The molecule has 0 spiro atoms. The second kappa shape index (κ2) is 5.72. The molecule has 0 aliphatic carbocycles. The molecule has 0 atom stereocenters. The number of para-hydroxylation sites is 1. The van der Waals surface area contributed by atoms with Crippen LogP contribution in [0.3, 0.4) is 0 Å². The van der Waals surface area contributed by atoms with E-state index in [-0.39, 0.29) is 17.0 Å². The first-order valence-electron chi connectivity index (χ1n) is 6.05. The third-order valence-corrected chi connectivity index (χ3v) is 5.22. The Hall–Kier alpha value is -0.880. The predicted octanol–water partition coefficient (Wildman–Crippen LogP) is 6.21. The number of fused-ring (bicyclic) bond motifs is 3. The molecule has 2 heterocycles. The predicted molar refractivity (Wildman–Crippen MR) is 99.0 cm³/mol.